The molecular formula is C23H20O4S. The van der Waals surface area contributed by atoms with Crippen molar-refractivity contribution in [1.29, 1.82) is 0 Å². The van der Waals surface area contributed by atoms with Gasteiger partial charge in [-0.1, -0.05) is 61.2 Å². The summed E-state index contributed by atoms with van der Waals surface area (Å²) in [5, 5.41) is 9.92. The molecule has 0 bridgehead atoms. The molecule has 3 rings (SSSR count). The third kappa shape index (κ3) is 4.21. The van der Waals surface area contributed by atoms with E-state index in [9.17, 15) is 18.3 Å². The van der Waals surface area contributed by atoms with E-state index in [-0.39, 0.29) is 22.2 Å². The smallest absolute Gasteiger partial charge is 0.182 e. The van der Waals surface area contributed by atoms with Crippen LogP contribution in [0.4, 0.5) is 0 Å². The maximum absolute atomic E-state index is 13.0. The Hall–Kier alpha value is -3.18. The Kier molecular flexibility index (Phi) is 5.47. The van der Waals surface area contributed by atoms with Gasteiger partial charge in [-0.2, -0.15) is 0 Å². The number of carbonyl (C=O) groups excluding carboxylic acids is 1. The number of aliphatic hydroxyl groups excluding tert-OH is 1. The Balaban J connectivity index is 2.05. The third-order valence-electron chi connectivity index (χ3n) is 4.47. The molecule has 0 amide bonds. The summed E-state index contributed by atoms with van der Waals surface area (Å²) in [6.45, 7) is 4.94. The minimum absolute atomic E-state index is 0.0693. The van der Waals surface area contributed by atoms with Crippen LogP contribution in [0.1, 0.15) is 28.4 Å². The fourth-order valence-electron chi connectivity index (χ4n) is 3.00. The van der Waals surface area contributed by atoms with Gasteiger partial charge in [0.2, 0.25) is 0 Å². The Morgan fingerprint density at radius 3 is 2.29 bits per heavy atom. The van der Waals surface area contributed by atoms with Gasteiger partial charge in [-0.25, -0.2) is 8.42 Å². The first-order valence-corrected chi connectivity index (χ1v) is 10.3. The standard InChI is InChI=1S/C23H20O4S/c1-16(24)19-9-6-10-22(14-19)28(26,27)15-21-13-20(11-12-23(21)17(2)25)18-7-4-3-5-8-18/h3-14,25H,2,15H2,1H3. The average Bonchev–Trinajstić information content (AvgIpc) is 2.68. The van der Waals surface area contributed by atoms with E-state index in [4.69, 9.17) is 0 Å². The lowest BCUT2D eigenvalue weighted by atomic mass is 9.99. The number of aliphatic hydroxyl groups is 1. The fraction of sp³-hybridized carbons (Fsp3) is 0.0870. The summed E-state index contributed by atoms with van der Waals surface area (Å²) in [5.41, 5.74) is 2.95. The minimum atomic E-state index is -3.73. The molecule has 0 heterocycles. The van der Waals surface area contributed by atoms with Crippen LogP contribution in [0.3, 0.4) is 0 Å². The van der Waals surface area contributed by atoms with E-state index in [0.717, 1.165) is 11.1 Å². The zero-order chi connectivity index (χ0) is 20.3. The van der Waals surface area contributed by atoms with E-state index in [0.29, 0.717) is 16.7 Å². The third-order valence-corrected chi connectivity index (χ3v) is 6.13. The minimum Gasteiger partial charge on any atom is -0.508 e. The molecule has 142 valence electrons. The highest BCUT2D eigenvalue weighted by atomic mass is 32.2. The summed E-state index contributed by atoms with van der Waals surface area (Å²) < 4.78 is 26.0. The van der Waals surface area contributed by atoms with Crippen LogP contribution >= 0.6 is 0 Å². The van der Waals surface area contributed by atoms with Crippen molar-refractivity contribution in [1.82, 2.24) is 0 Å². The van der Waals surface area contributed by atoms with Crippen molar-refractivity contribution in [3.8, 4) is 11.1 Å². The number of hydrogen-bond acceptors (Lipinski definition) is 4. The number of sulfone groups is 1. The summed E-state index contributed by atoms with van der Waals surface area (Å²) in [7, 11) is -3.73. The lowest BCUT2D eigenvalue weighted by Gasteiger charge is -2.12. The van der Waals surface area contributed by atoms with Crippen LogP contribution in [0, 0.1) is 0 Å². The Morgan fingerprint density at radius 1 is 0.929 bits per heavy atom. The number of ketones is 1. The molecule has 3 aromatic carbocycles. The highest BCUT2D eigenvalue weighted by molar-refractivity contribution is 7.90. The van der Waals surface area contributed by atoms with Crippen molar-refractivity contribution in [2.75, 3.05) is 0 Å². The maximum atomic E-state index is 13.0. The topological polar surface area (TPSA) is 71.4 Å². The molecule has 0 saturated heterocycles. The number of carbonyl (C=O) groups is 1. The van der Waals surface area contributed by atoms with Gasteiger partial charge in [0.25, 0.3) is 0 Å². The van der Waals surface area contributed by atoms with Crippen molar-refractivity contribution in [2.45, 2.75) is 17.6 Å². The van der Waals surface area contributed by atoms with Gasteiger partial charge in [0.1, 0.15) is 5.76 Å². The normalized spacial score (nSPS) is 11.2. The predicted molar refractivity (Wildman–Crippen MR) is 111 cm³/mol. The first-order chi connectivity index (χ1) is 13.3. The van der Waals surface area contributed by atoms with Crippen LogP contribution in [0.15, 0.2) is 84.3 Å². The van der Waals surface area contributed by atoms with Crippen LogP contribution in [0.5, 0.6) is 0 Å². The first kappa shape index (κ1) is 19.6. The zero-order valence-electron chi connectivity index (χ0n) is 15.4. The summed E-state index contributed by atoms with van der Waals surface area (Å²) in [4.78, 5) is 11.7. The summed E-state index contributed by atoms with van der Waals surface area (Å²) in [6, 6.07) is 20.8. The van der Waals surface area contributed by atoms with E-state index in [1.54, 1.807) is 24.3 Å². The second kappa shape index (κ2) is 7.82. The van der Waals surface area contributed by atoms with Gasteiger partial charge >= 0.3 is 0 Å². The largest absolute Gasteiger partial charge is 0.508 e. The molecule has 0 aliphatic rings. The van der Waals surface area contributed by atoms with Crippen molar-refractivity contribution >= 4 is 21.4 Å². The van der Waals surface area contributed by atoms with Gasteiger partial charge < -0.3 is 5.11 Å². The van der Waals surface area contributed by atoms with E-state index in [1.807, 2.05) is 36.4 Å². The van der Waals surface area contributed by atoms with Crippen LogP contribution < -0.4 is 0 Å². The SMILES string of the molecule is C=C(O)c1ccc(-c2ccccc2)cc1CS(=O)(=O)c1cccc(C(C)=O)c1. The van der Waals surface area contributed by atoms with Crippen LogP contribution in [0.2, 0.25) is 0 Å². The number of Topliss-reactive ketones (excluding diaryl/α,β-unsaturated/α-hetero) is 1. The van der Waals surface area contributed by atoms with Gasteiger partial charge in [0.15, 0.2) is 15.6 Å². The lowest BCUT2D eigenvalue weighted by molar-refractivity contribution is 0.101. The van der Waals surface area contributed by atoms with Gasteiger partial charge in [0, 0.05) is 11.1 Å². The molecule has 0 radical (unpaired) electrons. The molecule has 0 aliphatic carbocycles. The van der Waals surface area contributed by atoms with Gasteiger partial charge in [0.05, 0.1) is 10.6 Å². The fourth-order valence-corrected chi connectivity index (χ4v) is 4.41. The van der Waals surface area contributed by atoms with Crippen molar-refractivity contribution < 1.29 is 18.3 Å². The first-order valence-electron chi connectivity index (χ1n) is 8.68. The van der Waals surface area contributed by atoms with E-state index >= 15 is 0 Å². The molecule has 3 aromatic rings. The van der Waals surface area contributed by atoms with Gasteiger partial charge in [-0.05, 0) is 41.8 Å². The average molecular weight is 392 g/mol. The van der Waals surface area contributed by atoms with E-state index < -0.39 is 9.84 Å². The van der Waals surface area contributed by atoms with Crippen LogP contribution in [-0.4, -0.2) is 19.3 Å². The molecule has 28 heavy (non-hydrogen) atoms. The van der Waals surface area contributed by atoms with Crippen molar-refractivity contribution in [3.05, 3.63) is 96.1 Å². The maximum Gasteiger partial charge on any atom is 0.182 e. The number of rotatable bonds is 6. The van der Waals surface area contributed by atoms with E-state index in [2.05, 4.69) is 6.58 Å². The molecule has 0 atom stereocenters. The quantitative estimate of drug-likeness (QED) is 0.470. The summed E-state index contributed by atoms with van der Waals surface area (Å²) in [5.74, 6) is -0.709. The Labute approximate surface area is 164 Å². The van der Waals surface area contributed by atoms with Crippen molar-refractivity contribution in [3.63, 3.8) is 0 Å². The zero-order valence-corrected chi connectivity index (χ0v) is 16.2. The Morgan fingerprint density at radius 2 is 1.64 bits per heavy atom. The highest BCUT2D eigenvalue weighted by Crippen LogP contribution is 2.28. The van der Waals surface area contributed by atoms with Crippen molar-refractivity contribution in [2.24, 2.45) is 0 Å². The van der Waals surface area contributed by atoms with Crippen LogP contribution in [0.25, 0.3) is 16.9 Å². The van der Waals surface area contributed by atoms with E-state index in [1.165, 1.54) is 19.1 Å². The molecule has 5 heteroatoms. The molecule has 1 N–H and O–H groups in total. The molecule has 0 unspecified atom stereocenters. The summed E-state index contributed by atoms with van der Waals surface area (Å²) >= 11 is 0. The lowest BCUT2D eigenvalue weighted by Crippen LogP contribution is -2.08. The number of hydrogen-bond donors (Lipinski definition) is 1. The second-order valence-electron chi connectivity index (χ2n) is 6.53. The Bertz CT molecular complexity index is 1150. The predicted octanol–water partition coefficient (Wildman–Crippen LogP) is 5.06. The number of benzene rings is 3. The molecule has 0 saturated carbocycles. The molecular weight excluding hydrogens is 372 g/mol. The molecule has 0 aliphatic heterocycles. The monoisotopic (exact) mass is 392 g/mol. The van der Waals surface area contributed by atoms with Crippen LogP contribution in [-0.2, 0) is 15.6 Å². The van der Waals surface area contributed by atoms with Gasteiger partial charge in [-0.3, -0.25) is 4.79 Å². The molecule has 0 fully saturated rings. The summed E-state index contributed by atoms with van der Waals surface area (Å²) in [6.07, 6.45) is 0. The molecule has 0 aromatic heterocycles. The van der Waals surface area contributed by atoms with Gasteiger partial charge in [-0.15, -0.1) is 0 Å². The second-order valence-corrected chi connectivity index (χ2v) is 8.52. The molecule has 4 nitrogen and oxygen atoms in total. The molecule has 0 spiro atoms. The highest BCUT2D eigenvalue weighted by Gasteiger charge is 2.20.